The van der Waals surface area contributed by atoms with E-state index in [0.29, 0.717) is 17.4 Å². The monoisotopic (exact) mass is 305 g/mol. The van der Waals surface area contributed by atoms with E-state index < -0.39 is 0 Å². The number of rotatable bonds is 3. The lowest BCUT2D eigenvalue weighted by molar-refractivity contribution is 0.475. The number of benzene rings is 2. The van der Waals surface area contributed by atoms with Crippen LogP contribution in [0.4, 0.5) is 5.69 Å². The van der Waals surface area contributed by atoms with E-state index in [1.165, 1.54) is 5.56 Å². The summed E-state index contributed by atoms with van der Waals surface area (Å²) >= 11 is 3.40. The van der Waals surface area contributed by atoms with Crippen molar-refractivity contribution in [2.45, 2.75) is 19.8 Å². The molecular weight excluding hydrogens is 290 g/mol. The molecule has 0 aliphatic rings. The van der Waals surface area contributed by atoms with E-state index in [1.54, 1.807) is 0 Å². The van der Waals surface area contributed by atoms with Crippen LogP contribution in [-0.2, 0) is 0 Å². The van der Waals surface area contributed by atoms with Crippen molar-refractivity contribution >= 4 is 21.6 Å². The molecule has 3 heteroatoms. The molecule has 0 aliphatic carbocycles. The molecule has 2 nitrogen and oxygen atoms in total. The molecule has 0 unspecified atom stereocenters. The van der Waals surface area contributed by atoms with Gasteiger partial charge in [-0.25, -0.2) is 0 Å². The highest BCUT2D eigenvalue weighted by Gasteiger charge is 2.10. The second-order valence-corrected chi connectivity index (χ2v) is 5.30. The SMILES string of the molecule is CC(C)c1ccccc1Oc1cccc(Br)c1N. The first kappa shape index (κ1) is 13.0. The zero-order chi connectivity index (χ0) is 13.1. The Balaban J connectivity index is 2.37. The molecule has 2 aromatic carbocycles. The van der Waals surface area contributed by atoms with Crippen LogP contribution in [0.1, 0.15) is 25.3 Å². The van der Waals surface area contributed by atoms with Gasteiger partial charge in [0.1, 0.15) is 5.75 Å². The molecule has 0 aliphatic heterocycles. The van der Waals surface area contributed by atoms with Crippen molar-refractivity contribution in [2.75, 3.05) is 5.73 Å². The summed E-state index contributed by atoms with van der Waals surface area (Å²) in [6.07, 6.45) is 0. The molecule has 94 valence electrons. The molecule has 0 fully saturated rings. The van der Waals surface area contributed by atoms with E-state index in [-0.39, 0.29) is 0 Å². The standard InChI is InChI=1S/C15H16BrNO/c1-10(2)11-6-3-4-8-13(11)18-14-9-5-7-12(16)15(14)17/h3-10H,17H2,1-2H3. The fraction of sp³-hybridized carbons (Fsp3) is 0.200. The van der Waals surface area contributed by atoms with Crippen LogP contribution in [0.5, 0.6) is 11.5 Å². The van der Waals surface area contributed by atoms with Crippen LogP contribution in [0, 0.1) is 0 Å². The maximum atomic E-state index is 5.98. The molecule has 18 heavy (non-hydrogen) atoms. The van der Waals surface area contributed by atoms with Crippen molar-refractivity contribution in [3.63, 3.8) is 0 Å². The van der Waals surface area contributed by atoms with E-state index in [9.17, 15) is 0 Å². The number of ether oxygens (including phenoxy) is 1. The minimum atomic E-state index is 0.412. The first-order valence-electron chi connectivity index (χ1n) is 5.90. The number of nitrogen functional groups attached to an aromatic ring is 1. The van der Waals surface area contributed by atoms with Gasteiger partial charge in [0.05, 0.1) is 5.69 Å². The van der Waals surface area contributed by atoms with E-state index in [4.69, 9.17) is 10.5 Å². The van der Waals surface area contributed by atoms with Gasteiger partial charge in [0.2, 0.25) is 0 Å². The minimum absolute atomic E-state index is 0.412. The summed E-state index contributed by atoms with van der Waals surface area (Å²) in [7, 11) is 0. The lowest BCUT2D eigenvalue weighted by atomic mass is 10.0. The highest BCUT2D eigenvalue weighted by molar-refractivity contribution is 9.10. The topological polar surface area (TPSA) is 35.2 Å². The van der Waals surface area contributed by atoms with Crippen LogP contribution in [0.2, 0.25) is 0 Å². The fourth-order valence-corrected chi connectivity index (χ4v) is 2.12. The molecule has 0 bridgehead atoms. The molecule has 0 atom stereocenters. The van der Waals surface area contributed by atoms with Crippen LogP contribution in [0.3, 0.4) is 0 Å². The lowest BCUT2D eigenvalue weighted by Crippen LogP contribution is -1.96. The predicted octanol–water partition coefficient (Wildman–Crippen LogP) is 4.95. The Bertz CT molecular complexity index is 552. The largest absolute Gasteiger partial charge is 0.455 e. The highest BCUT2D eigenvalue weighted by Crippen LogP contribution is 2.35. The van der Waals surface area contributed by atoms with E-state index in [0.717, 1.165) is 10.2 Å². The van der Waals surface area contributed by atoms with Gasteiger partial charge < -0.3 is 10.5 Å². The summed E-state index contributed by atoms with van der Waals surface area (Å²) in [5, 5.41) is 0. The summed E-state index contributed by atoms with van der Waals surface area (Å²) in [6, 6.07) is 13.7. The Morgan fingerprint density at radius 2 is 1.67 bits per heavy atom. The Morgan fingerprint density at radius 3 is 2.39 bits per heavy atom. The van der Waals surface area contributed by atoms with Crippen molar-refractivity contribution in [1.29, 1.82) is 0 Å². The summed E-state index contributed by atoms with van der Waals surface area (Å²) in [5.74, 6) is 1.95. The quantitative estimate of drug-likeness (QED) is 0.815. The summed E-state index contributed by atoms with van der Waals surface area (Å²) in [6.45, 7) is 4.29. The first-order chi connectivity index (χ1) is 8.59. The smallest absolute Gasteiger partial charge is 0.151 e. The Hall–Kier alpha value is -1.48. The van der Waals surface area contributed by atoms with Gasteiger partial charge in [0, 0.05) is 4.47 Å². The van der Waals surface area contributed by atoms with Crippen LogP contribution >= 0.6 is 15.9 Å². The molecule has 0 spiro atoms. The van der Waals surface area contributed by atoms with E-state index in [2.05, 4.69) is 35.8 Å². The van der Waals surface area contributed by atoms with E-state index >= 15 is 0 Å². The Kier molecular flexibility index (Phi) is 3.92. The Morgan fingerprint density at radius 1 is 1.00 bits per heavy atom. The third-order valence-corrected chi connectivity index (χ3v) is 3.47. The number of anilines is 1. The van der Waals surface area contributed by atoms with Crippen molar-refractivity contribution in [2.24, 2.45) is 0 Å². The number of hydrogen-bond acceptors (Lipinski definition) is 2. The van der Waals surface area contributed by atoms with Gasteiger partial charge in [-0.15, -0.1) is 0 Å². The van der Waals surface area contributed by atoms with Crippen LogP contribution in [-0.4, -0.2) is 0 Å². The van der Waals surface area contributed by atoms with Crippen molar-refractivity contribution in [3.8, 4) is 11.5 Å². The molecule has 2 rings (SSSR count). The van der Waals surface area contributed by atoms with Gasteiger partial charge in [-0.1, -0.05) is 38.1 Å². The fourth-order valence-electron chi connectivity index (χ4n) is 1.78. The number of para-hydroxylation sites is 2. The van der Waals surface area contributed by atoms with Gasteiger partial charge in [-0.3, -0.25) is 0 Å². The third-order valence-electron chi connectivity index (χ3n) is 2.77. The van der Waals surface area contributed by atoms with Gasteiger partial charge >= 0.3 is 0 Å². The van der Waals surface area contributed by atoms with Crippen LogP contribution in [0.25, 0.3) is 0 Å². The zero-order valence-electron chi connectivity index (χ0n) is 10.5. The maximum Gasteiger partial charge on any atom is 0.151 e. The molecular formula is C15H16BrNO. The van der Waals surface area contributed by atoms with Gasteiger partial charge in [0.15, 0.2) is 5.75 Å². The normalized spacial score (nSPS) is 10.7. The van der Waals surface area contributed by atoms with Crippen molar-refractivity contribution in [1.82, 2.24) is 0 Å². The second-order valence-electron chi connectivity index (χ2n) is 4.45. The second kappa shape index (κ2) is 5.44. The predicted molar refractivity (Wildman–Crippen MR) is 79.2 cm³/mol. The van der Waals surface area contributed by atoms with Crippen molar-refractivity contribution < 1.29 is 4.74 Å². The van der Waals surface area contributed by atoms with Gasteiger partial charge in [0.25, 0.3) is 0 Å². The average molecular weight is 306 g/mol. The van der Waals surface area contributed by atoms with Crippen LogP contribution < -0.4 is 10.5 Å². The summed E-state index contributed by atoms with van der Waals surface area (Å²) in [4.78, 5) is 0. The lowest BCUT2D eigenvalue weighted by Gasteiger charge is -2.15. The van der Waals surface area contributed by atoms with E-state index in [1.807, 2.05) is 36.4 Å². The maximum absolute atomic E-state index is 5.98. The molecule has 2 N–H and O–H groups in total. The zero-order valence-corrected chi connectivity index (χ0v) is 12.1. The number of halogens is 1. The molecule has 0 amide bonds. The van der Waals surface area contributed by atoms with Gasteiger partial charge in [-0.05, 0) is 45.6 Å². The average Bonchev–Trinajstić information content (AvgIpc) is 2.35. The molecule has 0 aromatic heterocycles. The molecule has 0 radical (unpaired) electrons. The van der Waals surface area contributed by atoms with Gasteiger partial charge in [-0.2, -0.15) is 0 Å². The van der Waals surface area contributed by atoms with Crippen molar-refractivity contribution in [3.05, 3.63) is 52.5 Å². The Labute approximate surface area is 116 Å². The molecule has 0 heterocycles. The van der Waals surface area contributed by atoms with Crippen LogP contribution in [0.15, 0.2) is 46.9 Å². The molecule has 0 saturated heterocycles. The molecule has 0 saturated carbocycles. The summed E-state index contributed by atoms with van der Waals surface area (Å²) < 4.78 is 6.78. The highest BCUT2D eigenvalue weighted by atomic mass is 79.9. The summed E-state index contributed by atoms with van der Waals surface area (Å²) in [5.41, 5.74) is 7.78. The minimum Gasteiger partial charge on any atom is -0.455 e. The third kappa shape index (κ3) is 2.67. The first-order valence-corrected chi connectivity index (χ1v) is 6.69. The molecule has 2 aromatic rings. The number of hydrogen-bond donors (Lipinski definition) is 1. The number of nitrogens with two attached hydrogens (primary N) is 1.